The molecule has 2 heterocycles. The van der Waals surface area contributed by atoms with E-state index in [1.54, 1.807) is 0 Å². The molecule has 0 atom stereocenters. The van der Waals surface area contributed by atoms with E-state index in [-0.39, 0.29) is 0 Å². The fourth-order valence-corrected chi connectivity index (χ4v) is 3.31. The maximum Gasteiger partial charge on any atom is 0.0465 e. The van der Waals surface area contributed by atoms with Crippen LogP contribution in [0, 0.1) is 34.6 Å². The second kappa shape index (κ2) is 3.06. The Morgan fingerprint density at radius 3 is 2.00 bits per heavy atom. The maximum atomic E-state index is 4.58. The molecule has 2 aromatic rings. The van der Waals surface area contributed by atoms with E-state index in [0.29, 0.717) is 0 Å². The van der Waals surface area contributed by atoms with Crippen molar-refractivity contribution < 1.29 is 0 Å². The van der Waals surface area contributed by atoms with Crippen LogP contribution in [0.25, 0.3) is 10.8 Å². The number of fused-ring (bicyclic) bond motifs is 1. The summed E-state index contributed by atoms with van der Waals surface area (Å²) in [6.45, 7) is 10.8. The van der Waals surface area contributed by atoms with Crippen LogP contribution in [0.4, 0.5) is 0 Å². The minimum absolute atomic E-state index is 1.16. The first kappa shape index (κ1) is 9.66. The average Bonchev–Trinajstić information content (AvgIpc) is 2.38. The monoisotopic (exact) mass is 205 g/mol. The van der Waals surface area contributed by atoms with Crippen molar-refractivity contribution >= 4 is 22.1 Å². The minimum Gasteiger partial charge on any atom is -0.257 e. The first-order valence-corrected chi connectivity index (χ1v) is 5.67. The molecule has 0 unspecified atom stereocenters. The van der Waals surface area contributed by atoms with E-state index >= 15 is 0 Å². The van der Waals surface area contributed by atoms with E-state index in [0.717, 1.165) is 5.69 Å². The normalized spacial score (nSPS) is 11.2. The summed E-state index contributed by atoms with van der Waals surface area (Å²) in [5.41, 5.74) is 3.67. The fraction of sp³-hybridized carbons (Fsp3) is 0.417. The van der Waals surface area contributed by atoms with Gasteiger partial charge in [-0.1, -0.05) is 0 Å². The summed E-state index contributed by atoms with van der Waals surface area (Å²) in [5.74, 6) is 0. The predicted molar refractivity (Wildman–Crippen MR) is 63.3 cm³/mol. The van der Waals surface area contributed by atoms with E-state index in [4.69, 9.17) is 0 Å². The van der Waals surface area contributed by atoms with E-state index in [1.807, 2.05) is 11.3 Å². The van der Waals surface area contributed by atoms with Crippen LogP contribution in [0.1, 0.15) is 26.7 Å². The van der Waals surface area contributed by atoms with Crippen molar-refractivity contribution in [3.63, 3.8) is 0 Å². The number of rotatable bonds is 0. The summed E-state index contributed by atoms with van der Waals surface area (Å²) in [6, 6.07) is 0. The van der Waals surface area contributed by atoms with Crippen molar-refractivity contribution in [1.29, 1.82) is 0 Å². The van der Waals surface area contributed by atoms with Crippen molar-refractivity contribution in [3.8, 4) is 0 Å². The van der Waals surface area contributed by atoms with Crippen LogP contribution in [0.3, 0.4) is 0 Å². The standard InChI is InChI=1S/C12H15NS/c1-6-7(2)13-8(3)12-10(5)14-9(4)11(6)12/h1-5H3. The summed E-state index contributed by atoms with van der Waals surface area (Å²) in [6.07, 6.45) is 0. The molecule has 0 aliphatic carbocycles. The molecule has 1 nitrogen and oxygen atoms in total. The molecular weight excluding hydrogens is 190 g/mol. The fourth-order valence-electron chi connectivity index (χ4n) is 2.14. The summed E-state index contributed by atoms with van der Waals surface area (Å²) in [4.78, 5) is 7.40. The van der Waals surface area contributed by atoms with Gasteiger partial charge in [-0.2, -0.15) is 0 Å². The number of hydrogen-bond acceptors (Lipinski definition) is 2. The Balaban J connectivity index is 3.05. The number of aromatic nitrogens is 1. The van der Waals surface area contributed by atoms with Crippen LogP contribution in [-0.2, 0) is 0 Å². The average molecular weight is 205 g/mol. The van der Waals surface area contributed by atoms with Gasteiger partial charge in [-0.25, -0.2) is 0 Å². The lowest BCUT2D eigenvalue weighted by molar-refractivity contribution is 1.12. The van der Waals surface area contributed by atoms with Gasteiger partial charge >= 0.3 is 0 Å². The summed E-state index contributed by atoms with van der Waals surface area (Å²) in [7, 11) is 0. The predicted octanol–water partition coefficient (Wildman–Crippen LogP) is 3.84. The lowest BCUT2D eigenvalue weighted by Crippen LogP contribution is -1.92. The zero-order valence-corrected chi connectivity index (χ0v) is 10.2. The number of thiophene rings is 1. The highest BCUT2D eigenvalue weighted by Crippen LogP contribution is 2.34. The Morgan fingerprint density at radius 1 is 0.786 bits per heavy atom. The van der Waals surface area contributed by atoms with Crippen molar-refractivity contribution in [2.75, 3.05) is 0 Å². The number of aryl methyl sites for hydroxylation is 5. The smallest absolute Gasteiger partial charge is 0.0465 e. The van der Waals surface area contributed by atoms with Gasteiger partial charge in [0.1, 0.15) is 0 Å². The zero-order chi connectivity index (χ0) is 10.5. The van der Waals surface area contributed by atoms with Gasteiger partial charge < -0.3 is 0 Å². The summed E-state index contributed by atoms with van der Waals surface area (Å²) < 4.78 is 0. The molecule has 2 heteroatoms. The molecule has 14 heavy (non-hydrogen) atoms. The van der Waals surface area contributed by atoms with Gasteiger partial charge in [-0.15, -0.1) is 11.3 Å². The molecule has 74 valence electrons. The second-order valence-electron chi connectivity index (χ2n) is 3.87. The Morgan fingerprint density at radius 2 is 1.36 bits per heavy atom. The van der Waals surface area contributed by atoms with Gasteiger partial charge in [0.25, 0.3) is 0 Å². The number of nitrogens with zero attached hydrogens (tertiary/aromatic N) is 1. The van der Waals surface area contributed by atoms with Crippen LogP contribution in [0.15, 0.2) is 0 Å². The minimum atomic E-state index is 1.16. The number of hydrogen-bond donors (Lipinski definition) is 0. The molecule has 0 aromatic carbocycles. The van der Waals surface area contributed by atoms with Crippen molar-refractivity contribution in [3.05, 3.63) is 26.7 Å². The van der Waals surface area contributed by atoms with Crippen LogP contribution >= 0.6 is 11.3 Å². The maximum absolute atomic E-state index is 4.58. The van der Waals surface area contributed by atoms with Gasteiger partial charge in [0.15, 0.2) is 0 Å². The van der Waals surface area contributed by atoms with Gasteiger partial charge in [-0.3, -0.25) is 4.98 Å². The lowest BCUT2D eigenvalue weighted by Gasteiger charge is -2.05. The Kier molecular flexibility index (Phi) is 2.11. The largest absolute Gasteiger partial charge is 0.257 e. The highest BCUT2D eigenvalue weighted by molar-refractivity contribution is 7.13. The molecule has 0 aliphatic rings. The number of pyridine rings is 1. The Hall–Kier alpha value is -0.890. The highest BCUT2D eigenvalue weighted by Gasteiger charge is 2.12. The van der Waals surface area contributed by atoms with Crippen LogP contribution in [0.5, 0.6) is 0 Å². The molecule has 0 amide bonds. The van der Waals surface area contributed by atoms with E-state index < -0.39 is 0 Å². The van der Waals surface area contributed by atoms with E-state index in [9.17, 15) is 0 Å². The molecule has 0 N–H and O–H groups in total. The molecule has 0 bridgehead atoms. The zero-order valence-electron chi connectivity index (χ0n) is 9.36. The van der Waals surface area contributed by atoms with Gasteiger partial charge in [0, 0.05) is 31.9 Å². The molecule has 0 aliphatic heterocycles. The van der Waals surface area contributed by atoms with Crippen molar-refractivity contribution in [2.45, 2.75) is 34.6 Å². The highest BCUT2D eigenvalue weighted by atomic mass is 32.1. The van der Waals surface area contributed by atoms with Gasteiger partial charge in [0.2, 0.25) is 0 Å². The second-order valence-corrected chi connectivity index (χ2v) is 5.30. The van der Waals surface area contributed by atoms with E-state index in [2.05, 4.69) is 39.6 Å². The van der Waals surface area contributed by atoms with Gasteiger partial charge in [0.05, 0.1) is 0 Å². The molecular formula is C12H15NS. The third-order valence-electron chi connectivity index (χ3n) is 2.88. The SMILES string of the molecule is Cc1nc(C)c2c(C)sc(C)c2c1C. The van der Waals surface area contributed by atoms with Crippen LogP contribution in [-0.4, -0.2) is 4.98 Å². The van der Waals surface area contributed by atoms with Crippen molar-refractivity contribution in [2.24, 2.45) is 0 Å². The third-order valence-corrected chi connectivity index (χ3v) is 3.90. The van der Waals surface area contributed by atoms with Crippen LogP contribution in [0.2, 0.25) is 0 Å². The molecule has 2 rings (SSSR count). The third kappa shape index (κ3) is 1.17. The summed E-state index contributed by atoms with van der Waals surface area (Å²) in [5, 5.41) is 2.80. The molecule has 2 aromatic heterocycles. The van der Waals surface area contributed by atoms with Crippen LogP contribution < -0.4 is 0 Å². The summed E-state index contributed by atoms with van der Waals surface area (Å²) >= 11 is 1.88. The molecule has 0 radical (unpaired) electrons. The van der Waals surface area contributed by atoms with Gasteiger partial charge in [-0.05, 0) is 40.2 Å². The molecule has 0 saturated carbocycles. The lowest BCUT2D eigenvalue weighted by atomic mass is 10.0. The first-order chi connectivity index (χ1) is 6.52. The van der Waals surface area contributed by atoms with E-state index in [1.165, 1.54) is 31.8 Å². The van der Waals surface area contributed by atoms with Crippen molar-refractivity contribution in [1.82, 2.24) is 4.98 Å². The molecule has 0 fully saturated rings. The first-order valence-electron chi connectivity index (χ1n) is 4.86. The molecule has 0 saturated heterocycles. The quantitative estimate of drug-likeness (QED) is 0.637. The molecule has 0 spiro atoms. The topological polar surface area (TPSA) is 12.9 Å². The Labute approximate surface area is 88.8 Å². The Bertz CT molecular complexity index is 509.